The molecule has 1 aliphatic carbocycles. The van der Waals surface area contributed by atoms with Crippen molar-refractivity contribution in [1.29, 1.82) is 0 Å². The summed E-state index contributed by atoms with van der Waals surface area (Å²) in [5.41, 5.74) is 5.53. The van der Waals surface area contributed by atoms with Crippen LogP contribution >= 0.6 is 0 Å². The maximum Gasteiger partial charge on any atom is 0.247 e. The molecule has 1 saturated carbocycles. The molecule has 0 radical (unpaired) electrons. The number of nitrogens with two attached hydrogens (primary N) is 1. The summed E-state index contributed by atoms with van der Waals surface area (Å²) in [4.78, 5) is 13.7. The lowest BCUT2D eigenvalue weighted by molar-refractivity contribution is -0.126. The van der Waals surface area contributed by atoms with E-state index in [-0.39, 0.29) is 11.7 Å². The van der Waals surface area contributed by atoms with E-state index in [4.69, 9.17) is 5.73 Å². The second-order valence-corrected chi connectivity index (χ2v) is 4.51. The molecular formula is C13H17FN2O. The highest BCUT2D eigenvalue weighted by Gasteiger charge is 2.43. The fourth-order valence-electron chi connectivity index (χ4n) is 2.13. The van der Waals surface area contributed by atoms with Crippen molar-refractivity contribution < 1.29 is 9.18 Å². The SMILES string of the molecule is CCN(C(=O)C1(N)CCC1)c1ccccc1F. The number of likely N-dealkylation sites (N-methyl/N-ethyl adjacent to an activating group) is 1. The summed E-state index contributed by atoms with van der Waals surface area (Å²) in [6.45, 7) is 2.26. The van der Waals surface area contributed by atoms with Crippen LogP contribution in [0.25, 0.3) is 0 Å². The van der Waals surface area contributed by atoms with Crippen molar-refractivity contribution in [1.82, 2.24) is 0 Å². The van der Waals surface area contributed by atoms with Crippen molar-refractivity contribution in [2.45, 2.75) is 31.7 Å². The average molecular weight is 236 g/mol. The van der Waals surface area contributed by atoms with E-state index < -0.39 is 5.54 Å². The number of nitrogens with zero attached hydrogens (tertiary/aromatic N) is 1. The van der Waals surface area contributed by atoms with E-state index in [1.165, 1.54) is 11.0 Å². The Labute approximate surface area is 100 Å². The van der Waals surface area contributed by atoms with Crippen LogP contribution in [0.15, 0.2) is 24.3 Å². The van der Waals surface area contributed by atoms with Crippen LogP contribution in [-0.2, 0) is 4.79 Å². The second-order valence-electron chi connectivity index (χ2n) is 4.51. The topological polar surface area (TPSA) is 46.3 Å². The highest BCUT2D eigenvalue weighted by Crippen LogP contribution is 2.33. The smallest absolute Gasteiger partial charge is 0.247 e. The Hall–Kier alpha value is -1.42. The fraction of sp³-hybridized carbons (Fsp3) is 0.462. The summed E-state index contributed by atoms with van der Waals surface area (Å²) < 4.78 is 13.7. The number of benzene rings is 1. The molecule has 17 heavy (non-hydrogen) atoms. The Balaban J connectivity index is 2.28. The van der Waals surface area contributed by atoms with Gasteiger partial charge in [0.15, 0.2) is 0 Å². The lowest BCUT2D eigenvalue weighted by Crippen LogP contribution is -2.59. The van der Waals surface area contributed by atoms with Crippen molar-refractivity contribution in [3.63, 3.8) is 0 Å². The summed E-state index contributed by atoms with van der Waals surface area (Å²) >= 11 is 0. The summed E-state index contributed by atoms with van der Waals surface area (Å²) in [7, 11) is 0. The number of hydrogen-bond donors (Lipinski definition) is 1. The van der Waals surface area contributed by atoms with Gasteiger partial charge in [-0.3, -0.25) is 4.79 Å². The van der Waals surface area contributed by atoms with Crippen molar-refractivity contribution in [3.8, 4) is 0 Å². The molecule has 2 rings (SSSR count). The van der Waals surface area contributed by atoms with Gasteiger partial charge in [0.25, 0.3) is 0 Å². The van der Waals surface area contributed by atoms with E-state index in [0.29, 0.717) is 25.1 Å². The molecule has 92 valence electrons. The van der Waals surface area contributed by atoms with Crippen molar-refractivity contribution in [3.05, 3.63) is 30.1 Å². The summed E-state index contributed by atoms with van der Waals surface area (Å²) in [6.07, 6.45) is 2.35. The summed E-state index contributed by atoms with van der Waals surface area (Å²) in [6, 6.07) is 6.30. The van der Waals surface area contributed by atoms with E-state index in [0.717, 1.165) is 6.42 Å². The number of halogens is 1. The minimum absolute atomic E-state index is 0.170. The molecule has 3 nitrogen and oxygen atoms in total. The fourth-order valence-corrected chi connectivity index (χ4v) is 2.13. The first-order chi connectivity index (χ1) is 8.08. The Bertz CT molecular complexity index is 429. The number of anilines is 1. The number of hydrogen-bond acceptors (Lipinski definition) is 2. The molecule has 1 amide bonds. The molecule has 1 fully saturated rings. The van der Waals surface area contributed by atoms with Gasteiger partial charge < -0.3 is 10.6 Å². The molecule has 1 aromatic carbocycles. The predicted molar refractivity (Wildman–Crippen MR) is 65.2 cm³/mol. The van der Waals surface area contributed by atoms with Crippen LogP contribution in [0.1, 0.15) is 26.2 Å². The normalized spacial score (nSPS) is 17.4. The maximum absolute atomic E-state index is 13.7. The van der Waals surface area contributed by atoms with Gasteiger partial charge in [-0.05, 0) is 38.3 Å². The Kier molecular flexibility index (Phi) is 3.15. The Morgan fingerprint density at radius 1 is 1.47 bits per heavy atom. The van der Waals surface area contributed by atoms with Crippen molar-refractivity contribution in [2.24, 2.45) is 5.73 Å². The van der Waals surface area contributed by atoms with Gasteiger partial charge in [-0.1, -0.05) is 12.1 Å². The first-order valence-electron chi connectivity index (χ1n) is 5.94. The maximum atomic E-state index is 13.7. The van der Waals surface area contributed by atoms with Crippen LogP contribution in [0.4, 0.5) is 10.1 Å². The monoisotopic (exact) mass is 236 g/mol. The number of rotatable bonds is 3. The van der Waals surface area contributed by atoms with Crippen LogP contribution in [-0.4, -0.2) is 18.0 Å². The molecule has 0 atom stereocenters. The average Bonchev–Trinajstić information content (AvgIpc) is 2.29. The number of para-hydroxylation sites is 1. The minimum atomic E-state index is -0.779. The highest BCUT2D eigenvalue weighted by molar-refractivity contribution is 6.00. The first-order valence-corrected chi connectivity index (χ1v) is 5.94. The zero-order chi connectivity index (χ0) is 12.5. The molecule has 0 spiro atoms. The van der Waals surface area contributed by atoms with Gasteiger partial charge in [0, 0.05) is 6.54 Å². The molecule has 0 bridgehead atoms. The van der Waals surface area contributed by atoms with Gasteiger partial charge in [-0.2, -0.15) is 0 Å². The van der Waals surface area contributed by atoms with Gasteiger partial charge >= 0.3 is 0 Å². The third kappa shape index (κ3) is 2.05. The third-order valence-corrected chi connectivity index (χ3v) is 3.38. The van der Waals surface area contributed by atoms with E-state index >= 15 is 0 Å². The third-order valence-electron chi connectivity index (χ3n) is 3.38. The summed E-state index contributed by atoms with van der Waals surface area (Å²) in [5, 5.41) is 0. The molecule has 2 N–H and O–H groups in total. The predicted octanol–water partition coefficient (Wildman–Crippen LogP) is 2.06. The van der Waals surface area contributed by atoms with Gasteiger partial charge in [0.05, 0.1) is 11.2 Å². The minimum Gasteiger partial charge on any atom is -0.317 e. The van der Waals surface area contributed by atoms with Crippen LogP contribution in [0.5, 0.6) is 0 Å². The van der Waals surface area contributed by atoms with Gasteiger partial charge in [0.2, 0.25) is 5.91 Å². The lowest BCUT2D eigenvalue weighted by Gasteiger charge is -2.40. The first kappa shape index (κ1) is 12.0. The van der Waals surface area contributed by atoms with E-state index in [2.05, 4.69) is 0 Å². The zero-order valence-corrected chi connectivity index (χ0v) is 9.95. The second kappa shape index (κ2) is 4.45. The molecule has 1 aromatic rings. The van der Waals surface area contributed by atoms with E-state index in [1.807, 2.05) is 6.92 Å². The van der Waals surface area contributed by atoms with E-state index in [1.54, 1.807) is 18.2 Å². The molecule has 0 aliphatic heterocycles. The zero-order valence-electron chi connectivity index (χ0n) is 9.95. The largest absolute Gasteiger partial charge is 0.317 e. The van der Waals surface area contributed by atoms with E-state index in [9.17, 15) is 9.18 Å². The van der Waals surface area contributed by atoms with Crippen LogP contribution in [0.2, 0.25) is 0 Å². The summed E-state index contributed by atoms with van der Waals surface area (Å²) in [5.74, 6) is -0.554. The number of carbonyl (C=O) groups excluding carboxylic acids is 1. The molecule has 0 aromatic heterocycles. The molecule has 1 aliphatic rings. The molecular weight excluding hydrogens is 219 g/mol. The van der Waals surface area contributed by atoms with Crippen molar-refractivity contribution in [2.75, 3.05) is 11.4 Å². The van der Waals surface area contributed by atoms with Gasteiger partial charge in [-0.25, -0.2) is 4.39 Å². The highest BCUT2D eigenvalue weighted by atomic mass is 19.1. The van der Waals surface area contributed by atoms with Crippen LogP contribution in [0, 0.1) is 5.82 Å². The lowest BCUT2D eigenvalue weighted by atomic mass is 9.76. The molecule has 4 heteroatoms. The molecule has 0 heterocycles. The van der Waals surface area contributed by atoms with Gasteiger partial charge in [0.1, 0.15) is 5.82 Å². The van der Waals surface area contributed by atoms with Crippen LogP contribution < -0.4 is 10.6 Å². The number of amides is 1. The van der Waals surface area contributed by atoms with Crippen molar-refractivity contribution >= 4 is 11.6 Å². The Morgan fingerprint density at radius 2 is 2.12 bits per heavy atom. The Morgan fingerprint density at radius 3 is 2.59 bits per heavy atom. The number of carbonyl (C=O) groups is 1. The standard InChI is InChI=1S/C13H17FN2O/c1-2-16(11-7-4-3-6-10(11)14)12(17)13(15)8-5-9-13/h3-4,6-7H,2,5,8-9,15H2,1H3. The quantitative estimate of drug-likeness (QED) is 0.873. The van der Waals surface area contributed by atoms with Crippen LogP contribution in [0.3, 0.4) is 0 Å². The molecule has 0 saturated heterocycles. The van der Waals surface area contributed by atoms with Gasteiger partial charge in [-0.15, -0.1) is 0 Å². The molecule has 0 unspecified atom stereocenters.